The Kier molecular flexibility index (Phi) is 3.70. The van der Waals surface area contributed by atoms with E-state index in [2.05, 4.69) is 26.2 Å². The number of benzene rings is 1. The zero-order valence-electron chi connectivity index (χ0n) is 11.5. The number of halogens is 1. The molecule has 2 N–H and O–H groups in total. The van der Waals surface area contributed by atoms with Crippen LogP contribution in [0, 0.1) is 0 Å². The van der Waals surface area contributed by atoms with Gasteiger partial charge >= 0.3 is 5.97 Å². The molecule has 112 valence electrons. The van der Waals surface area contributed by atoms with E-state index in [-0.39, 0.29) is 18.5 Å². The van der Waals surface area contributed by atoms with Crippen molar-refractivity contribution >= 4 is 27.8 Å². The fourth-order valence-electron chi connectivity index (χ4n) is 2.74. The Labute approximate surface area is 135 Å². The highest BCUT2D eigenvalue weighted by molar-refractivity contribution is 9.10. The number of rotatable bonds is 3. The third-order valence-electron chi connectivity index (χ3n) is 3.84. The van der Waals surface area contributed by atoms with Crippen LogP contribution in [0.3, 0.4) is 0 Å². The van der Waals surface area contributed by atoms with E-state index in [1.807, 2.05) is 24.3 Å². The molecule has 0 radical (unpaired) electrons. The molecule has 22 heavy (non-hydrogen) atoms. The van der Waals surface area contributed by atoms with Crippen molar-refractivity contribution < 1.29 is 14.7 Å². The molecule has 2 aromatic rings. The molecule has 0 saturated heterocycles. The predicted octanol–water partition coefficient (Wildman–Crippen LogP) is 2.20. The number of amides is 1. The number of carbonyl (C=O) groups is 2. The first kappa shape index (κ1) is 14.7. The number of fused-ring (bicyclic) bond motifs is 1. The SMILES string of the molecule is O=C(NC1(C(=O)O)Cc2ccccc2C1)c1ncccc1Br. The topological polar surface area (TPSA) is 79.3 Å². The number of nitrogens with zero attached hydrogens (tertiary/aromatic N) is 1. The minimum Gasteiger partial charge on any atom is -0.479 e. The predicted molar refractivity (Wildman–Crippen MR) is 83.6 cm³/mol. The van der Waals surface area contributed by atoms with Crippen molar-refractivity contribution in [2.45, 2.75) is 18.4 Å². The molecular weight excluding hydrogens is 348 g/mol. The molecule has 6 heteroatoms. The van der Waals surface area contributed by atoms with Crippen LogP contribution in [0.1, 0.15) is 21.6 Å². The van der Waals surface area contributed by atoms with Crippen LogP contribution in [0.25, 0.3) is 0 Å². The van der Waals surface area contributed by atoms with Gasteiger partial charge in [-0.15, -0.1) is 0 Å². The fourth-order valence-corrected chi connectivity index (χ4v) is 3.17. The quantitative estimate of drug-likeness (QED) is 0.879. The van der Waals surface area contributed by atoms with E-state index < -0.39 is 17.4 Å². The third-order valence-corrected chi connectivity index (χ3v) is 4.48. The number of carbonyl (C=O) groups excluding carboxylic acids is 1. The van der Waals surface area contributed by atoms with Crippen molar-refractivity contribution in [1.82, 2.24) is 10.3 Å². The summed E-state index contributed by atoms with van der Waals surface area (Å²) in [6.07, 6.45) is 2.04. The molecule has 0 saturated carbocycles. The highest BCUT2D eigenvalue weighted by atomic mass is 79.9. The van der Waals surface area contributed by atoms with E-state index in [1.165, 1.54) is 6.20 Å². The van der Waals surface area contributed by atoms with Crippen LogP contribution in [0.4, 0.5) is 0 Å². The Hall–Kier alpha value is -2.21. The summed E-state index contributed by atoms with van der Waals surface area (Å²) in [5.41, 5.74) is 0.757. The molecule has 5 nitrogen and oxygen atoms in total. The van der Waals surface area contributed by atoms with Gasteiger partial charge in [-0.1, -0.05) is 24.3 Å². The molecule has 1 aliphatic carbocycles. The lowest BCUT2D eigenvalue weighted by Crippen LogP contribution is -2.55. The summed E-state index contributed by atoms with van der Waals surface area (Å²) in [5, 5.41) is 12.3. The first-order valence-corrected chi connectivity index (χ1v) is 7.54. The normalized spacial score (nSPS) is 15.1. The van der Waals surface area contributed by atoms with Gasteiger partial charge in [-0.25, -0.2) is 9.78 Å². The Morgan fingerprint density at radius 1 is 1.14 bits per heavy atom. The zero-order chi connectivity index (χ0) is 15.7. The van der Waals surface area contributed by atoms with Crippen LogP contribution in [0.15, 0.2) is 47.1 Å². The van der Waals surface area contributed by atoms with Crippen LogP contribution in [-0.2, 0) is 17.6 Å². The smallest absolute Gasteiger partial charge is 0.330 e. The van der Waals surface area contributed by atoms with Crippen molar-refractivity contribution in [3.8, 4) is 0 Å². The minimum atomic E-state index is -1.32. The summed E-state index contributed by atoms with van der Waals surface area (Å²) in [7, 11) is 0. The molecule has 0 unspecified atom stereocenters. The van der Waals surface area contributed by atoms with E-state index in [1.54, 1.807) is 12.1 Å². The van der Waals surface area contributed by atoms with Gasteiger partial charge in [0.2, 0.25) is 0 Å². The minimum absolute atomic E-state index is 0.180. The van der Waals surface area contributed by atoms with Gasteiger partial charge in [0.15, 0.2) is 0 Å². The van der Waals surface area contributed by atoms with Crippen LogP contribution >= 0.6 is 15.9 Å². The molecule has 1 aromatic heterocycles. The largest absolute Gasteiger partial charge is 0.479 e. The summed E-state index contributed by atoms with van der Waals surface area (Å²) >= 11 is 3.26. The monoisotopic (exact) mass is 360 g/mol. The van der Waals surface area contributed by atoms with Gasteiger partial charge in [0, 0.05) is 23.5 Å². The highest BCUT2D eigenvalue weighted by Gasteiger charge is 2.45. The number of carboxylic acid groups (broad SMARTS) is 1. The number of hydrogen-bond donors (Lipinski definition) is 2. The molecule has 0 fully saturated rings. The number of carboxylic acids is 1. The van der Waals surface area contributed by atoms with Crippen molar-refractivity contribution in [3.05, 3.63) is 63.9 Å². The Balaban J connectivity index is 1.90. The van der Waals surface area contributed by atoms with Gasteiger partial charge < -0.3 is 10.4 Å². The molecule has 0 bridgehead atoms. The number of pyridine rings is 1. The average Bonchev–Trinajstić information content (AvgIpc) is 2.87. The van der Waals surface area contributed by atoms with E-state index in [4.69, 9.17) is 0 Å². The van der Waals surface area contributed by atoms with Crippen LogP contribution < -0.4 is 5.32 Å². The van der Waals surface area contributed by atoms with Gasteiger partial charge in [-0.3, -0.25) is 4.79 Å². The van der Waals surface area contributed by atoms with Gasteiger partial charge in [0.05, 0.1) is 0 Å². The summed E-state index contributed by atoms with van der Waals surface area (Å²) in [6, 6.07) is 10.9. The first-order chi connectivity index (χ1) is 10.5. The van der Waals surface area contributed by atoms with Crippen molar-refractivity contribution in [1.29, 1.82) is 0 Å². The van der Waals surface area contributed by atoms with Gasteiger partial charge in [0.25, 0.3) is 5.91 Å². The molecule has 0 atom stereocenters. The van der Waals surface area contributed by atoms with Gasteiger partial charge in [-0.2, -0.15) is 0 Å². The lowest BCUT2D eigenvalue weighted by Gasteiger charge is -2.25. The molecular formula is C16H13BrN2O3. The fraction of sp³-hybridized carbons (Fsp3) is 0.188. The molecule has 1 amide bonds. The van der Waals surface area contributed by atoms with Crippen molar-refractivity contribution in [2.75, 3.05) is 0 Å². The van der Waals surface area contributed by atoms with Crippen LogP contribution in [-0.4, -0.2) is 27.5 Å². The Morgan fingerprint density at radius 3 is 2.32 bits per heavy atom. The van der Waals surface area contributed by atoms with Crippen LogP contribution in [0.5, 0.6) is 0 Å². The molecule has 3 rings (SSSR count). The second-order valence-electron chi connectivity index (χ2n) is 5.30. The van der Waals surface area contributed by atoms with Crippen LogP contribution in [0.2, 0.25) is 0 Å². The number of aliphatic carboxylic acids is 1. The molecule has 0 spiro atoms. The standard InChI is InChI=1S/C16H13BrN2O3/c17-12-6-3-7-18-13(12)14(20)19-16(15(21)22)8-10-4-1-2-5-11(10)9-16/h1-7H,8-9H2,(H,19,20)(H,21,22). The number of hydrogen-bond acceptors (Lipinski definition) is 3. The summed E-state index contributed by atoms with van der Waals surface area (Å²) in [5.74, 6) is -1.54. The molecule has 1 aliphatic rings. The van der Waals surface area contributed by atoms with Crippen molar-refractivity contribution in [3.63, 3.8) is 0 Å². The lowest BCUT2D eigenvalue weighted by molar-refractivity contribution is -0.144. The Morgan fingerprint density at radius 2 is 1.77 bits per heavy atom. The molecule has 0 aliphatic heterocycles. The van der Waals surface area contributed by atoms with E-state index in [9.17, 15) is 14.7 Å². The number of nitrogens with one attached hydrogen (secondary N) is 1. The lowest BCUT2D eigenvalue weighted by atomic mass is 9.95. The maximum atomic E-state index is 12.4. The summed E-state index contributed by atoms with van der Waals surface area (Å²) in [6.45, 7) is 0. The third kappa shape index (κ3) is 2.50. The second-order valence-corrected chi connectivity index (χ2v) is 6.15. The Bertz CT molecular complexity index is 736. The first-order valence-electron chi connectivity index (χ1n) is 6.75. The second kappa shape index (κ2) is 5.53. The van der Waals surface area contributed by atoms with E-state index >= 15 is 0 Å². The molecule has 1 heterocycles. The summed E-state index contributed by atoms with van der Waals surface area (Å²) < 4.78 is 0.531. The van der Waals surface area contributed by atoms with E-state index in [0.29, 0.717) is 4.47 Å². The van der Waals surface area contributed by atoms with Gasteiger partial charge in [-0.05, 0) is 39.2 Å². The average molecular weight is 361 g/mol. The summed E-state index contributed by atoms with van der Waals surface area (Å²) in [4.78, 5) is 28.2. The maximum absolute atomic E-state index is 12.4. The molecule has 1 aromatic carbocycles. The zero-order valence-corrected chi connectivity index (χ0v) is 13.1. The maximum Gasteiger partial charge on any atom is 0.330 e. The van der Waals surface area contributed by atoms with E-state index in [0.717, 1.165) is 11.1 Å². The van der Waals surface area contributed by atoms with Crippen molar-refractivity contribution in [2.24, 2.45) is 0 Å². The number of aromatic nitrogens is 1. The highest BCUT2D eigenvalue weighted by Crippen LogP contribution is 2.31. The van der Waals surface area contributed by atoms with Gasteiger partial charge in [0.1, 0.15) is 11.2 Å².